The number of carbonyl (C=O) groups excluding carboxylic acids is 6. The van der Waals surface area contributed by atoms with Gasteiger partial charge in [-0.05, 0) is 43.5 Å². The van der Waals surface area contributed by atoms with E-state index in [0.717, 1.165) is 0 Å². The molecule has 0 saturated carbocycles. The Morgan fingerprint density at radius 1 is 0.881 bits per heavy atom. The monoisotopic (exact) mass is 824 g/mol. The summed E-state index contributed by atoms with van der Waals surface area (Å²) in [4.78, 5) is 130. The predicted molar refractivity (Wildman–Crippen MR) is 207 cm³/mol. The average molecular weight is 825 g/mol. The number of hydrogen-bond acceptors (Lipinski definition) is 15. The fourth-order valence-corrected chi connectivity index (χ4v) is 5.23. The Morgan fingerprint density at radius 2 is 1.56 bits per heavy atom. The van der Waals surface area contributed by atoms with Crippen molar-refractivity contribution in [3.05, 3.63) is 52.1 Å². The second-order valence-electron chi connectivity index (χ2n) is 12.6. The number of nitrogens with zero attached hydrogens (tertiary/aromatic N) is 4. The van der Waals surface area contributed by atoms with Crippen LogP contribution in [0.25, 0.3) is 11.2 Å². The van der Waals surface area contributed by atoms with E-state index in [1.54, 1.807) is 0 Å². The third-order valence-electron chi connectivity index (χ3n) is 8.19. The van der Waals surface area contributed by atoms with Crippen LogP contribution >= 0.6 is 0 Å². The van der Waals surface area contributed by atoms with E-state index in [2.05, 4.69) is 56.8 Å². The average Bonchev–Trinajstić information content (AvgIpc) is 3.18. The highest BCUT2D eigenvalue weighted by atomic mass is 16.4. The number of carboxylic acids is 2. The number of H-pyrrole nitrogens is 1. The minimum absolute atomic E-state index is 0.00297. The number of nitrogens with two attached hydrogens (primary N) is 3. The maximum Gasteiger partial charge on any atom is 0.326 e. The van der Waals surface area contributed by atoms with Gasteiger partial charge in [-0.1, -0.05) is 0 Å². The number of amides is 5. The van der Waals surface area contributed by atoms with E-state index in [-0.39, 0.29) is 54.6 Å². The number of carbonyl (C=O) groups is 8. The molecule has 15 N–H and O–H groups in total. The molecule has 0 saturated heterocycles. The molecule has 25 nitrogen and oxygen atoms in total. The van der Waals surface area contributed by atoms with Gasteiger partial charge in [-0.25, -0.2) is 14.8 Å². The second kappa shape index (κ2) is 22.1. The van der Waals surface area contributed by atoms with E-state index in [0.29, 0.717) is 17.7 Å². The number of aromatic amines is 1. The third kappa shape index (κ3) is 14.7. The standard InChI is InChI=1S/C34H44N14O11/c1-38-28(54)22(13-24(51)52)46-29(55)19(3-2-11-39-33(35)36)44-30(56)20(10-12-49)43-23(50)9-8-21(32(58)59)45-27(53)16-4-6-17(7-5-16)40-14-18-15-41-26-25(42-18)31(57)48-34(37)47-26/h4-7,12,15,19-22,40H,2-3,8-11,13-14H2,1H3,(H,38,54)(H,43,50)(H,44,56)(H,45,53)(H,46,55)(H,51,52)(H,58,59)(H4,35,36,39)(H3,37,41,47,48,57). The van der Waals surface area contributed by atoms with Gasteiger partial charge in [0.1, 0.15) is 30.5 Å². The number of rotatable bonds is 23. The molecule has 5 amide bonds. The maximum atomic E-state index is 13.2. The molecule has 316 valence electrons. The molecule has 25 heteroatoms. The van der Waals surface area contributed by atoms with Crippen LogP contribution in [0.4, 0.5) is 11.6 Å². The van der Waals surface area contributed by atoms with E-state index in [1.807, 2.05) is 0 Å². The minimum Gasteiger partial charge on any atom is -0.481 e. The van der Waals surface area contributed by atoms with Crippen LogP contribution in [0, 0.1) is 0 Å². The number of aldehydes is 1. The zero-order valence-corrected chi connectivity index (χ0v) is 31.5. The van der Waals surface area contributed by atoms with Crippen molar-refractivity contribution in [1.29, 1.82) is 0 Å². The molecule has 0 spiro atoms. The van der Waals surface area contributed by atoms with Gasteiger partial charge in [-0.3, -0.25) is 43.5 Å². The zero-order valence-electron chi connectivity index (χ0n) is 31.5. The van der Waals surface area contributed by atoms with Crippen LogP contribution < -0.4 is 54.7 Å². The number of likely N-dealkylation sites (N-methyl/N-ethyl adjacent to an activating group) is 1. The summed E-state index contributed by atoms with van der Waals surface area (Å²) in [6, 6.07) is -0.125. The van der Waals surface area contributed by atoms with Gasteiger partial charge < -0.3 is 64.1 Å². The number of guanidine groups is 1. The molecule has 4 atom stereocenters. The highest BCUT2D eigenvalue weighted by Gasteiger charge is 2.31. The normalized spacial score (nSPS) is 12.7. The summed E-state index contributed by atoms with van der Waals surface area (Å²) in [5.74, 6) is -7.65. The molecule has 59 heavy (non-hydrogen) atoms. The van der Waals surface area contributed by atoms with Gasteiger partial charge in [0.25, 0.3) is 11.5 Å². The third-order valence-corrected chi connectivity index (χ3v) is 8.19. The van der Waals surface area contributed by atoms with E-state index < -0.39 is 96.9 Å². The van der Waals surface area contributed by atoms with Crippen molar-refractivity contribution in [1.82, 2.24) is 46.5 Å². The minimum atomic E-state index is -1.55. The number of carboxylic acid groups (broad SMARTS) is 2. The van der Waals surface area contributed by atoms with Crippen LogP contribution in [0.3, 0.4) is 0 Å². The maximum absolute atomic E-state index is 13.2. The number of fused-ring (bicyclic) bond motifs is 1. The van der Waals surface area contributed by atoms with E-state index in [1.165, 1.54) is 37.5 Å². The first-order chi connectivity index (χ1) is 28.0. The van der Waals surface area contributed by atoms with Crippen molar-refractivity contribution in [2.24, 2.45) is 16.5 Å². The number of nitrogens with one attached hydrogen (secondary N) is 7. The van der Waals surface area contributed by atoms with E-state index >= 15 is 0 Å². The summed E-state index contributed by atoms with van der Waals surface area (Å²) in [7, 11) is 1.23. The number of aliphatic carboxylic acids is 2. The number of nitrogen functional groups attached to an aromatic ring is 1. The molecule has 0 aliphatic carbocycles. The number of anilines is 2. The fraction of sp³-hybridized carbons (Fsp3) is 0.382. The first-order valence-corrected chi connectivity index (χ1v) is 17.7. The fourth-order valence-electron chi connectivity index (χ4n) is 5.23. The molecule has 4 unspecified atom stereocenters. The van der Waals surface area contributed by atoms with Crippen molar-refractivity contribution in [2.45, 2.75) is 69.2 Å². The lowest BCUT2D eigenvalue weighted by atomic mass is 10.1. The summed E-state index contributed by atoms with van der Waals surface area (Å²) in [6.07, 6.45) is -0.578. The van der Waals surface area contributed by atoms with Crippen LogP contribution in [0.15, 0.2) is 40.2 Å². The summed E-state index contributed by atoms with van der Waals surface area (Å²) in [6.45, 7) is 0.166. The molecule has 1 aromatic carbocycles. The zero-order chi connectivity index (χ0) is 43.6. The molecule has 0 radical (unpaired) electrons. The quantitative estimate of drug-likeness (QED) is 0.0189. The molecule has 0 aliphatic heterocycles. The highest BCUT2D eigenvalue weighted by molar-refractivity contribution is 5.98. The first kappa shape index (κ1) is 45.7. The Balaban J connectivity index is 1.60. The Morgan fingerprint density at radius 3 is 2.19 bits per heavy atom. The van der Waals surface area contributed by atoms with E-state index in [4.69, 9.17) is 17.2 Å². The lowest BCUT2D eigenvalue weighted by Gasteiger charge is -2.24. The Hall–Kier alpha value is -7.73. The van der Waals surface area contributed by atoms with Gasteiger partial charge in [0.2, 0.25) is 29.6 Å². The van der Waals surface area contributed by atoms with Gasteiger partial charge in [0, 0.05) is 37.7 Å². The molecule has 2 aromatic heterocycles. The summed E-state index contributed by atoms with van der Waals surface area (Å²) < 4.78 is 0. The van der Waals surface area contributed by atoms with Crippen LogP contribution in [0.2, 0.25) is 0 Å². The molecular formula is C34H44N14O11. The Bertz CT molecular complexity index is 2120. The van der Waals surface area contributed by atoms with Crippen molar-refractivity contribution < 1.29 is 48.6 Å². The van der Waals surface area contributed by atoms with Gasteiger partial charge in [0.15, 0.2) is 17.1 Å². The molecular weight excluding hydrogens is 780 g/mol. The van der Waals surface area contributed by atoms with Crippen LogP contribution in [-0.4, -0.2) is 122 Å². The molecule has 2 heterocycles. The van der Waals surface area contributed by atoms with Crippen molar-refractivity contribution in [3.63, 3.8) is 0 Å². The molecule has 3 rings (SSSR count). The van der Waals surface area contributed by atoms with Gasteiger partial charge in [-0.2, -0.15) is 4.98 Å². The highest BCUT2D eigenvalue weighted by Crippen LogP contribution is 2.13. The Labute approximate surface area is 333 Å². The number of aromatic nitrogens is 4. The molecule has 0 aliphatic rings. The van der Waals surface area contributed by atoms with Crippen LogP contribution in [-0.2, 0) is 40.1 Å². The lowest BCUT2D eigenvalue weighted by molar-refractivity contribution is -0.141. The van der Waals surface area contributed by atoms with Crippen LogP contribution in [0.1, 0.15) is 54.6 Å². The largest absolute Gasteiger partial charge is 0.481 e. The van der Waals surface area contributed by atoms with Crippen molar-refractivity contribution in [2.75, 3.05) is 24.6 Å². The number of aliphatic imine (C=N–C) groups is 1. The molecule has 0 fully saturated rings. The first-order valence-electron chi connectivity index (χ1n) is 17.7. The smallest absolute Gasteiger partial charge is 0.326 e. The SMILES string of the molecule is CNC(=O)C(CC(=O)O)NC(=O)C(CCCN=C(N)N)NC(=O)C(CC=O)NC(=O)CCC(NC(=O)c1ccc(NCc2cnc3nc(N)[nH]c(=O)c3n2)cc1)C(=O)O. The number of hydrogen-bond donors (Lipinski definition) is 12. The Kier molecular flexibility index (Phi) is 17.1. The molecule has 0 bridgehead atoms. The second-order valence-corrected chi connectivity index (χ2v) is 12.6. The van der Waals surface area contributed by atoms with Crippen LogP contribution in [0.5, 0.6) is 0 Å². The topological polar surface area (TPSA) is 411 Å². The summed E-state index contributed by atoms with van der Waals surface area (Å²) >= 11 is 0. The van der Waals surface area contributed by atoms with Crippen molar-refractivity contribution in [3.8, 4) is 0 Å². The summed E-state index contributed by atoms with van der Waals surface area (Å²) in [5.41, 5.74) is 16.7. The van der Waals surface area contributed by atoms with Gasteiger partial charge >= 0.3 is 11.9 Å². The molecule has 3 aromatic rings. The van der Waals surface area contributed by atoms with E-state index in [9.17, 15) is 53.4 Å². The van der Waals surface area contributed by atoms with Gasteiger partial charge in [-0.15, -0.1) is 0 Å². The summed E-state index contributed by atoms with van der Waals surface area (Å²) in [5, 5.41) is 33.5. The number of benzene rings is 1. The lowest BCUT2D eigenvalue weighted by Crippen LogP contribution is -2.57. The predicted octanol–water partition coefficient (Wildman–Crippen LogP) is -3.81. The van der Waals surface area contributed by atoms with Gasteiger partial charge in [0.05, 0.1) is 24.9 Å². The van der Waals surface area contributed by atoms with Crippen molar-refractivity contribution >= 4 is 76.5 Å².